The highest BCUT2D eigenvalue weighted by atomic mass is 79.9. The Hall–Kier alpha value is -2.99. The molecule has 30 heavy (non-hydrogen) atoms. The van der Waals surface area contributed by atoms with Gasteiger partial charge in [0.15, 0.2) is 0 Å². The van der Waals surface area contributed by atoms with Crippen molar-refractivity contribution in [3.05, 3.63) is 57.3 Å². The molecular formula is C18H11BrF3N5O2S. The van der Waals surface area contributed by atoms with E-state index < -0.39 is 17.9 Å². The molecule has 3 heterocycles. The number of aromatic nitrogens is 4. The number of nitrogens with zero attached hydrogens (tertiary/aromatic N) is 4. The van der Waals surface area contributed by atoms with E-state index in [9.17, 15) is 18.0 Å². The molecule has 3 aromatic heterocycles. The Labute approximate surface area is 179 Å². The van der Waals surface area contributed by atoms with Crippen molar-refractivity contribution in [2.24, 2.45) is 0 Å². The average Bonchev–Trinajstić information content (AvgIpc) is 3.31. The van der Waals surface area contributed by atoms with Gasteiger partial charge in [-0.15, -0.1) is 11.3 Å². The van der Waals surface area contributed by atoms with Crippen LogP contribution in [0.5, 0.6) is 5.75 Å². The van der Waals surface area contributed by atoms with E-state index in [1.54, 1.807) is 6.07 Å². The van der Waals surface area contributed by atoms with E-state index in [0.717, 1.165) is 15.9 Å². The number of amides is 1. The van der Waals surface area contributed by atoms with Gasteiger partial charge in [0, 0.05) is 6.07 Å². The number of fused-ring (bicyclic) bond motifs is 1. The van der Waals surface area contributed by atoms with Gasteiger partial charge in [-0.05, 0) is 40.2 Å². The van der Waals surface area contributed by atoms with Crippen LogP contribution in [0.15, 0.2) is 46.6 Å². The van der Waals surface area contributed by atoms with Crippen LogP contribution in [0.1, 0.15) is 15.5 Å². The molecule has 4 rings (SSSR count). The second kappa shape index (κ2) is 7.69. The number of halogens is 4. The predicted octanol–water partition coefficient (Wildman–Crippen LogP) is 4.92. The monoisotopic (exact) mass is 497 g/mol. The minimum Gasteiger partial charge on any atom is -0.497 e. The largest absolute Gasteiger partial charge is 0.497 e. The first-order chi connectivity index (χ1) is 14.3. The van der Waals surface area contributed by atoms with Crippen molar-refractivity contribution in [3.8, 4) is 11.4 Å². The van der Waals surface area contributed by atoms with Crippen LogP contribution in [0, 0.1) is 0 Å². The summed E-state index contributed by atoms with van der Waals surface area (Å²) in [6.45, 7) is 0. The van der Waals surface area contributed by atoms with Gasteiger partial charge in [-0.25, -0.2) is 15.0 Å². The maximum absolute atomic E-state index is 13.6. The van der Waals surface area contributed by atoms with Crippen LogP contribution in [-0.4, -0.2) is 32.5 Å². The zero-order chi connectivity index (χ0) is 21.5. The number of nitrogens with one attached hydrogen (secondary N) is 1. The highest BCUT2D eigenvalue weighted by Gasteiger charge is 2.38. The molecule has 0 fully saturated rings. The molecule has 12 heteroatoms. The number of benzene rings is 1. The molecule has 1 aromatic carbocycles. The fraction of sp³-hybridized carbons (Fsp3) is 0.111. The molecule has 0 saturated carbocycles. The number of hydrogen-bond acceptors (Lipinski definition) is 6. The highest BCUT2D eigenvalue weighted by molar-refractivity contribution is 9.10. The summed E-state index contributed by atoms with van der Waals surface area (Å²) >= 11 is 4.31. The van der Waals surface area contributed by atoms with Gasteiger partial charge < -0.3 is 10.1 Å². The summed E-state index contributed by atoms with van der Waals surface area (Å²) in [4.78, 5) is 24.3. The smallest absolute Gasteiger partial charge is 0.450 e. The van der Waals surface area contributed by atoms with Crippen molar-refractivity contribution in [1.29, 1.82) is 0 Å². The van der Waals surface area contributed by atoms with Crippen molar-refractivity contribution >= 4 is 50.0 Å². The topological polar surface area (TPSA) is 81.9 Å². The Kier molecular flexibility index (Phi) is 5.20. The summed E-state index contributed by atoms with van der Waals surface area (Å²) in [5.41, 5.74) is 2.03. The quantitative estimate of drug-likeness (QED) is 0.432. The van der Waals surface area contributed by atoms with Gasteiger partial charge in [0.25, 0.3) is 5.91 Å². The number of thiazole rings is 1. The lowest BCUT2D eigenvalue weighted by Gasteiger charge is -2.12. The molecule has 0 atom stereocenters. The normalized spacial score (nSPS) is 11.6. The summed E-state index contributed by atoms with van der Waals surface area (Å²) in [5, 5.41) is 2.58. The van der Waals surface area contributed by atoms with Crippen LogP contribution in [-0.2, 0) is 6.18 Å². The number of alkyl halides is 3. The first-order valence-electron chi connectivity index (χ1n) is 8.28. The number of hydrogen-bond donors (Lipinski definition) is 1. The van der Waals surface area contributed by atoms with Crippen molar-refractivity contribution < 1.29 is 22.7 Å². The Bertz CT molecular complexity index is 1240. The number of pyridine rings is 1. The summed E-state index contributed by atoms with van der Waals surface area (Å²) in [5.74, 6) is -0.936. The lowest BCUT2D eigenvalue weighted by atomic mass is 10.3. The molecule has 7 nitrogen and oxygen atoms in total. The van der Waals surface area contributed by atoms with E-state index in [-0.39, 0.29) is 22.5 Å². The number of ether oxygens (including phenoxy) is 1. The maximum Gasteiger partial charge on any atom is 0.450 e. The molecule has 0 spiro atoms. The Morgan fingerprint density at radius 3 is 2.63 bits per heavy atom. The third-order valence-corrected chi connectivity index (χ3v) is 5.78. The minimum absolute atomic E-state index is 0.133. The zero-order valence-corrected chi connectivity index (χ0v) is 17.5. The first kappa shape index (κ1) is 20.3. The number of carbonyl (C=O) groups is 1. The summed E-state index contributed by atoms with van der Waals surface area (Å²) in [6, 6.07) is 7.31. The standard InChI is InChI=1S/C18H11BrF3N5O2S/c1-29-10-3-4-12-11(6-10)25-17(18(20,21)22)27(12)9-2-5-13(23-7-9)26-16(28)14-15(19)24-8-30-14/h2-8H,1H3,(H,23,26,28). The lowest BCUT2D eigenvalue weighted by Crippen LogP contribution is -2.15. The molecule has 0 saturated heterocycles. The predicted molar refractivity (Wildman–Crippen MR) is 108 cm³/mol. The second-order valence-electron chi connectivity index (χ2n) is 5.95. The molecular weight excluding hydrogens is 487 g/mol. The number of imidazole rings is 1. The van der Waals surface area contributed by atoms with Crippen LogP contribution < -0.4 is 10.1 Å². The van der Waals surface area contributed by atoms with Crippen molar-refractivity contribution in [2.45, 2.75) is 6.18 Å². The number of carbonyl (C=O) groups excluding carboxylic acids is 1. The van der Waals surface area contributed by atoms with Gasteiger partial charge in [0.05, 0.1) is 35.5 Å². The molecule has 1 N–H and O–H groups in total. The fourth-order valence-corrected chi connectivity index (χ4v) is 4.05. The van der Waals surface area contributed by atoms with Crippen LogP contribution in [0.3, 0.4) is 0 Å². The van der Waals surface area contributed by atoms with Gasteiger partial charge in [-0.1, -0.05) is 0 Å². The van der Waals surface area contributed by atoms with Gasteiger partial charge in [0.2, 0.25) is 5.82 Å². The van der Waals surface area contributed by atoms with Crippen molar-refractivity contribution in [3.63, 3.8) is 0 Å². The van der Waals surface area contributed by atoms with Crippen LogP contribution in [0.4, 0.5) is 19.0 Å². The van der Waals surface area contributed by atoms with Crippen LogP contribution in [0.2, 0.25) is 0 Å². The maximum atomic E-state index is 13.6. The molecule has 0 unspecified atom stereocenters. The van der Waals surface area contributed by atoms with Crippen molar-refractivity contribution in [2.75, 3.05) is 12.4 Å². The highest BCUT2D eigenvalue weighted by Crippen LogP contribution is 2.34. The zero-order valence-electron chi connectivity index (χ0n) is 15.1. The first-order valence-corrected chi connectivity index (χ1v) is 9.95. The molecule has 0 aliphatic carbocycles. The molecule has 1 amide bonds. The Morgan fingerprint density at radius 1 is 1.23 bits per heavy atom. The van der Waals surface area contributed by atoms with E-state index in [2.05, 4.69) is 36.2 Å². The molecule has 0 aliphatic heterocycles. The van der Waals surface area contributed by atoms with E-state index >= 15 is 0 Å². The molecule has 4 aromatic rings. The molecule has 0 bridgehead atoms. The summed E-state index contributed by atoms with van der Waals surface area (Å²) in [6.07, 6.45) is -3.45. The average molecular weight is 498 g/mol. The van der Waals surface area contributed by atoms with E-state index in [1.807, 2.05) is 0 Å². The summed E-state index contributed by atoms with van der Waals surface area (Å²) < 4.78 is 47.2. The van der Waals surface area contributed by atoms with Gasteiger partial charge in [-0.2, -0.15) is 13.2 Å². The van der Waals surface area contributed by atoms with Gasteiger partial charge >= 0.3 is 6.18 Å². The number of methoxy groups -OCH3 is 1. The van der Waals surface area contributed by atoms with E-state index in [0.29, 0.717) is 15.2 Å². The lowest BCUT2D eigenvalue weighted by molar-refractivity contribution is -0.145. The second-order valence-corrected chi connectivity index (χ2v) is 7.56. The molecule has 0 radical (unpaired) electrons. The third kappa shape index (κ3) is 3.75. The van der Waals surface area contributed by atoms with E-state index in [4.69, 9.17) is 4.74 Å². The van der Waals surface area contributed by atoms with Gasteiger partial charge in [-0.3, -0.25) is 9.36 Å². The van der Waals surface area contributed by atoms with Crippen LogP contribution in [0.25, 0.3) is 16.7 Å². The van der Waals surface area contributed by atoms with Gasteiger partial charge in [0.1, 0.15) is 21.0 Å². The van der Waals surface area contributed by atoms with E-state index in [1.165, 1.54) is 43.1 Å². The Morgan fingerprint density at radius 2 is 2.03 bits per heavy atom. The summed E-state index contributed by atoms with van der Waals surface area (Å²) in [7, 11) is 1.42. The number of anilines is 1. The fourth-order valence-electron chi connectivity index (χ4n) is 2.78. The number of rotatable bonds is 4. The third-order valence-electron chi connectivity index (χ3n) is 4.09. The van der Waals surface area contributed by atoms with Crippen LogP contribution >= 0.6 is 27.3 Å². The SMILES string of the molecule is COc1ccc2c(c1)nc(C(F)(F)F)n2-c1ccc(NC(=O)c2scnc2Br)nc1. The molecule has 0 aliphatic rings. The molecule has 154 valence electrons. The Balaban J connectivity index is 1.71. The van der Waals surface area contributed by atoms with Crippen molar-refractivity contribution in [1.82, 2.24) is 19.5 Å². The minimum atomic E-state index is -4.68.